The fourth-order valence-corrected chi connectivity index (χ4v) is 6.09. The van der Waals surface area contributed by atoms with Crippen molar-refractivity contribution in [3.05, 3.63) is 0 Å². The molecule has 0 N–H and O–H groups in total. The second kappa shape index (κ2) is 4.72. The summed E-state index contributed by atoms with van der Waals surface area (Å²) in [6.07, 6.45) is 10.5. The lowest BCUT2D eigenvalue weighted by atomic mass is 9.49. The monoisotopic (exact) mass is 277 g/mol. The van der Waals surface area contributed by atoms with Crippen LogP contribution in [0.15, 0.2) is 0 Å². The molecule has 112 valence electrons. The van der Waals surface area contributed by atoms with Gasteiger partial charge in [0, 0.05) is 26.6 Å². The first-order valence-corrected chi connectivity index (χ1v) is 8.46. The lowest BCUT2D eigenvalue weighted by molar-refractivity contribution is -0.138. The Morgan fingerprint density at radius 2 is 1.75 bits per heavy atom. The van der Waals surface area contributed by atoms with Crippen LogP contribution in [0.4, 0.5) is 0 Å². The minimum Gasteiger partial charge on any atom is -0.380 e. The predicted molar refractivity (Wildman–Crippen MR) is 77.2 cm³/mol. The van der Waals surface area contributed by atoms with Crippen molar-refractivity contribution in [3.63, 3.8) is 0 Å². The first-order chi connectivity index (χ1) is 9.66. The highest BCUT2D eigenvalue weighted by Gasteiger charge is 2.51. The van der Waals surface area contributed by atoms with Crippen LogP contribution in [0, 0.1) is 23.2 Å². The molecule has 3 nitrogen and oxygen atoms in total. The number of hydrogen-bond donors (Lipinski definition) is 0. The molecule has 4 saturated carbocycles. The van der Waals surface area contributed by atoms with Crippen LogP contribution in [-0.2, 0) is 9.53 Å². The summed E-state index contributed by atoms with van der Waals surface area (Å²) in [5.74, 6) is 3.24. The summed E-state index contributed by atoms with van der Waals surface area (Å²) in [6.45, 7) is 1.73. The SMILES string of the molecule is COC1CCN(C(=O)CC23CC4CC(CC(C4)C2)C3)C1. The molecule has 1 saturated heterocycles. The summed E-state index contributed by atoms with van der Waals surface area (Å²) in [5, 5.41) is 0. The highest BCUT2D eigenvalue weighted by Crippen LogP contribution is 2.61. The number of nitrogens with zero attached hydrogens (tertiary/aromatic N) is 1. The van der Waals surface area contributed by atoms with E-state index in [0.29, 0.717) is 11.3 Å². The van der Waals surface area contributed by atoms with E-state index in [1.165, 1.54) is 38.5 Å². The molecule has 1 unspecified atom stereocenters. The predicted octanol–water partition coefficient (Wildman–Crippen LogP) is 2.84. The molecule has 0 radical (unpaired) electrons. The van der Waals surface area contributed by atoms with Crippen LogP contribution in [-0.4, -0.2) is 37.1 Å². The zero-order valence-electron chi connectivity index (χ0n) is 12.6. The summed E-state index contributed by atoms with van der Waals surface area (Å²) >= 11 is 0. The van der Waals surface area contributed by atoms with E-state index in [2.05, 4.69) is 4.90 Å². The van der Waals surface area contributed by atoms with E-state index in [0.717, 1.165) is 43.7 Å². The van der Waals surface area contributed by atoms with Gasteiger partial charge < -0.3 is 9.64 Å². The standard InChI is InChI=1S/C17H27NO2/c1-20-15-2-3-18(11-15)16(19)10-17-7-12-4-13(8-17)6-14(5-12)9-17/h12-15H,2-11H2,1H3. The highest BCUT2D eigenvalue weighted by atomic mass is 16.5. The largest absolute Gasteiger partial charge is 0.380 e. The number of amides is 1. The van der Waals surface area contributed by atoms with Crippen LogP contribution < -0.4 is 0 Å². The van der Waals surface area contributed by atoms with Crippen LogP contribution in [0.3, 0.4) is 0 Å². The van der Waals surface area contributed by atoms with Crippen LogP contribution in [0.2, 0.25) is 0 Å². The number of rotatable bonds is 3. The zero-order chi connectivity index (χ0) is 13.7. The zero-order valence-corrected chi connectivity index (χ0v) is 12.6. The fraction of sp³-hybridized carbons (Fsp3) is 0.941. The Kier molecular flexibility index (Phi) is 3.10. The van der Waals surface area contributed by atoms with Crippen LogP contribution in [0.25, 0.3) is 0 Å². The average molecular weight is 277 g/mol. The van der Waals surface area contributed by atoms with Gasteiger partial charge in [-0.1, -0.05) is 0 Å². The van der Waals surface area contributed by atoms with Crippen LogP contribution in [0.1, 0.15) is 51.4 Å². The number of hydrogen-bond acceptors (Lipinski definition) is 2. The van der Waals surface area contributed by atoms with Gasteiger partial charge in [0.15, 0.2) is 0 Å². The van der Waals surface area contributed by atoms with E-state index in [1.54, 1.807) is 7.11 Å². The van der Waals surface area contributed by atoms with Crippen molar-refractivity contribution in [2.45, 2.75) is 57.5 Å². The first kappa shape index (κ1) is 13.1. The molecule has 4 aliphatic carbocycles. The van der Waals surface area contributed by atoms with Gasteiger partial charge in [-0.15, -0.1) is 0 Å². The summed E-state index contributed by atoms with van der Waals surface area (Å²) < 4.78 is 5.39. The molecule has 20 heavy (non-hydrogen) atoms. The Bertz CT molecular complexity index is 371. The van der Waals surface area contributed by atoms with Crippen molar-refractivity contribution in [2.24, 2.45) is 23.2 Å². The highest BCUT2D eigenvalue weighted by molar-refractivity contribution is 5.77. The lowest BCUT2D eigenvalue weighted by Crippen LogP contribution is -2.48. The van der Waals surface area contributed by atoms with Gasteiger partial charge >= 0.3 is 0 Å². The van der Waals surface area contributed by atoms with Crippen molar-refractivity contribution < 1.29 is 9.53 Å². The van der Waals surface area contributed by atoms with Gasteiger partial charge in [-0.3, -0.25) is 4.79 Å². The molecule has 1 heterocycles. The molecule has 5 aliphatic rings. The molecule has 0 spiro atoms. The summed E-state index contributed by atoms with van der Waals surface area (Å²) in [7, 11) is 1.76. The molecule has 4 bridgehead atoms. The number of likely N-dealkylation sites (tertiary alicyclic amines) is 1. The second-order valence-electron chi connectivity index (χ2n) is 8.08. The van der Waals surface area contributed by atoms with E-state index in [-0.39, 0.29) is 6.10 Å². The Morgan fingerprint density at radius 1 is 1.15 bits per heavy atom. The van der Waals surface area contributed by atoms with Crippen LogP contribution >= 0.6 is 0 Å². The van der Waals surface area contributed by atoms with Crippen molar-refractivity contribution in [2.75, 3.05) is 20.2 Å². The van der Waals surface area contributed by atoms with Gasteiger partial charge in [0.1, 0.15) is 0 Å². The molecule has 5 fully saturated rings. The van der Waals surface area contributed by atoms with E-state index in [4.69, 9.17) is 4.74 Å². The number of carbonyl (C=O) groups is 1. The van der Waals surface area contributed by atoms with Gasteiger partial charge in [-0.05, 0) is 68.1 Å². The van der Waals surface area contributed by atoms with Gasteiger partial charge in [0.25, 0.3) is 0 Å². The maximum Gasteiger partial charge on any atom is 0.223 e. The molecule has 0 aromatic carbocycles. The third-order valence-corrected chi connectivity index (χ3v) is 6.52. The summed E-state index contributed by atoms with van der Waals surface area (Å²) in [6, 6.07) is 0. The minimum absolute atomic E-state index is 0.273. The van der Waals surface area contributed by atoms with Crippen LogP contribution in [0.5, 0.6) is 0 Å². The smallest absolute Gasteiger partial charge is 0.223 e. The Hall–Kier alpha value is -0.570. The fourth-order valence-electron chi connectivity index (χ4n) is 6.09. The summed E-state index contributed by atoms with van der Waals surface area (Å²) in [4.78, 5) is 14.7. The minimum atomic E-state index is 0.273. The Morgan fingerprint density at radius 3 is 2.25 bits per heavy atom. The molecule has 3 heteroatoms. The Labute approximate surface area is 122 Å². The number of carbonyl (C=O) groups excluding carboxylic acids is 1. The van der Waals surface area contributed by atoms with Crippen molar-refractivity contribution in [3.8, 4) is 0 Å². The van der Waals surface area contributed by atoms with Crippen molar-refractivity contribution in [1.82, 2.24) is 4.90 Å². The molecular formula is C17H27NO2. The van der Waals surface area contributed by atoms with Gasteiger partial charge in [0.05, 0.1) is 6.10 Å². The normalized spacial score (nSPS) is 46.1. The van der Waals surface area contributed by atoms with E-state index in [1.807, 2.05) is 0 Å². The molecule has 5 rings (SSSR count). The molecule has 1 aliphatic heterocycles. The maximum atomic E-state index is 12.7. The van der Waals surface area contributed by atoms with E-state index < -0.39 is 0 Å². The lowest BCUT2D eigenvalue weighted by Gasteiger charge is -2.56. The maximum absolute atomic E-state index is 12.7. The average Bonchev–Trinajstić information content (AvgIpc) is 2.85. The Balaban J connectivity index is 1.42. The van der Waals surface area contributed by atoms with Gasteiger partial charge in [-0.25, -0.2) is 0 Å². The van der Waals surface area contributed by atoms with E-state index >= 15 is 0 Å². The van der Waals surface area contributed by atoms with E-state index in [9.17, 15) is 4.79 Å². The summed E-state index contributed by atoms with van der Waals surface area (Å²) in [5.41, 5.74) is 0.386. The molecule has 0 aromatic rings. The quantitative estimate of drug-likeness (QED) is 0.794. The van der Waals surface area contributed by atoms with Gasteiger partial charge in [-0.2, -0.15) is 0 Å². The third-order valence-electron chi connectivity index (χ3n) is 6.52. The number of methoxy groups -OCH3 is 1. The third kappa shape index (κ3) is 2.18. The van der Waals surface area contributed by atoms with Crippen molar-refractivity contribution >= 4 is 5.91 Å². The first-order valence-electron chi connectivity index (χ1n) is 8.46. The molecule has 1 amide bonds. The number of ether oxygens (including phenoxy) is 1. The molecule has 1 atom stereocenters. The molecular weight excluding hydrogens is 250 g/mol. The molecule has 0 aromatic heterocycles. The second-order valence-corrected chi connectivity index (χ2v) is 8.08. The topological polar surface area (TPSA) is 29.5 Å². The van der Waals surface area contributed by atoms with Crippen molar-refractivity contribution in [1.29, 1.82) is 0 Å². The van der Waals surface area contributed by atoms with Gasteiger partial charge in [0.2, 0.25) is 5.91 Å².